The SMILES string of the molecule is CC(C)NC(=O)Nc1ccc(C(=O)Nc2ccc3[nH]ncc3c2)cc1. The van der Waals surface area contributed by atoms with Crippen LogP contribution in [0.3, 0.4) is 0 Å². The van der Waals surface area contributed by atoms with Gasteiger partial charge >= 0.3 is 6.03 Å². The Balaban J connectivity index is 1.64. The molecule has 0 bridgehead atoms. The molecule has 7 nitrogen and oxygen atoms in total. The Morgan fingerprint density at radius 2 is 1.72 bits per heavy atom. The first-order valence-electron chi connectivity index (χ1n) is 7.93. The summed E-state index contributed by atoms with van der Waals surface area (Å²) in [6, 6.07) is 12.0. The third-order valence-corrected chi connectivity index (χ3v) is 3.52. The van der Waals surface area contributed by atoms with Gasteiger partial charge in [-0.3, -0.25) is 9.89 Å². The number of H-pyrrole nitrogens is 1. The van der Waals surface area contributed by atoms with Crippen LogP contribution in [0.15, 0.2) is 48.7 Å². The van der Waals surface area contributed by atoms with Gasteiger partial charge in [0.15, 0.2) is 0 Å². The van der Waals surface area contributed by atoms with Crippen molar-refractivity contribution in [2.24, 2.45) is 0 Å². The molecule has 0 unspecified atom stereocenters. The fraction of sp³-hybridized carbons (Fsp3) is 0.167. The van der Waals surface area contributed by atoms with Crippen molar-refractivity contribution in [1.29, 1.82) is 0 Å². The van der Waals surface area contributed by atoms with E-state index >= 15 is 0 Å². The second-order valence-corrected chi connectivity index (χ2v) is 5.96. The molecular weight excluding hydrogens is 318 g/mol. The normalized spacial score (nSPS) is 10.7. The van der Waals surface area contributed by atoms with Crippen LogP contribution in [0, 0.1) is 0 Å². The van der Waals surface area contributed by atoms with Gasteiger partial charge in [0.25, 0.3) is 5.91 Å². The van der Waals surface area contributed by atoms with E-state index in [1.807, 2.05) is 32.0 Å². The summed E-state index contributed by atoms with van der Waals surface area (Å²) in [5.41, 5.74) is 2.72. The summed E-state index contributed by atoms with van der Waals surface area (Å²) in [6.07, 6.45) is 1.70. The monoisotopic (exact) mass is 337 g/mol. The number of nitrogens with zero attached hydrogens (tertiary/aromatic N) is 1. The molecule has 3 aromatic rings. The predicted molar refractivity (Wildman–Crippen MR) is 97.8 cm³/mol. The van der Waals surface area contributed by atoms with Crippen LogP contribution in [0.1, 0.15) is 24.2 Å². The molecular formula is C18H19N5O2. The average Bonchev–Trinajstić information content (AvgIpc) is 3.02. The lowest BCUT2D eigenvalue weighted by Gasteiger charge is -2.10. The van der Waals surface area contributed by atoms with Crippen LogP contribution in [0.4, 0.5) is 16.2 Å². The number of amides is 3. The third kappa shape index (κ3) is 4.14. The number of rotatable bonds is 4. The molecule has 25 heavy (non-hydrogen) atoms. The molecule has 0 saturated heterocycles. The Morgan fingerprint density at radius 1 is 1.00 bits per heavy atom. The number of carbonyl (C=O) groups is 2. The van der Waals surface area contributed by atoms with Crippen LogP contribution < -0.4 is 16.0 Å². The van der Waals surface area contributed by atoms with Crippen molar-refractivity contribution >= 4 is 34.2 Å². The maximum Gasteiger partial charge on any atom is 0.319 e. The number of benzene rings is 2. The topological polar surface area (TPSA) is 98.9 Å². The van der Waals surface area contributed by atoms with Gasteiger partial charge in [0.05, 0.1) is 11.7 Å². The maximum absolute atomic E-state index is 12.3. The smallest absolute Gasteiger partial charge is 0.319 e. The van der Waals surface area contributed by atoms with Gasteiger partial charge in [0.1, 0.15) is 0 Å². The van der Waals surface area contributed by atoms with E-state index in [4.69, 9.17) is 0 Å². The van der Waals surface area contributed by atoms with Crippen LogP contribution in [-0.2, 0) is 0 Å². The molecule has 0 radical (unpaired) electrons. The number of aromatic nitrogens is 2. The molecule has 1 heterocycles. The number of urea groups is 1. The van der Waals surface area contributed by atoms with Crippen LogP contribution in [-0.4, -0.2) is 28.2 Å². The molecule has 0 aliphatic heterocycles. The standard InChI is InChI=1S/C18H19N5O2/c1-11(2)20-18(25)22-14-5-3-12(4-6-14)17(24)21-15-7-8-16-13(9-15)10-19-23-16/h3-11H,1-2H3,(H,19,23)(H,21,24)(H2,20,22,25). The van der Waals surface area contributed by atoms with Gasteiger partial charge in [-0.2, -0.15) is 5.10 Å². The highest BCUT2D eigenvalue weighted by molar-refractivity contribution is 6.05. The van der Waals surface area contributed by atoms with Crippen LogP contribution >= 0.6 is 0 Å². The molecule has 3 rings (SSSR count). The largest absolute Gasteiger partial charge is 0.336 e. The van der Waals surface area contributed by atoms with E-state index in [1.165, 1.54) is 0 Å². The lowest BCUT2D eigenvalue weighted by molar-refractivity contribution is 0.102. The van der Waals surface area contributed by atoms with Crippen molar-refractivity contribution in [3.63, 3.8) is 0 Å². The van der Waals surface area contributed by atoms with E-state index in [9.17, 15) is 9.59 Å². The van der Waals surface area contributed by atoms with E-state index in [2.05, 4.69) is 26.1 Å². The summed E-state index contributed by atoms with van der Waals surface area (Å²) in [5, 5.41) is 16.0. The Hall–Kier alpha value is -3.35. The Bertz CT molecular complexity index is 899. The first kappa shape index (κ1) is 16.5. The number of carbonyl (C=O) groups excluding carboxylic acids is 2. The molecule has 2 aromatic carbocycles. The zero-order valence-electron chi connectivity index (χ0n) is 14.0. The lowest BCUT2D eigenvalue weighted by atomic mass is 10.1. The van der Waals surface area contributed by atoms with Gasteiger partial charge in [-0.25, -0.2) is 4.79 Å². The van der Waals surface area contributed by atoms with E-state index in [0.717, 1.165) is 10.9 Å². The lowest BCUT2D eigenvalue weighted by Crippen LogP contribution is -2.34. The number of anilines is 2. The molecule has 0 atom stereocenters. The quantitative estimate of drug-likeness (QED) is 0.587. The summed E-state index contributed by atoms with van der Waals surface area (Å²) in [7, 11) is 0. The second kappa shape index (κ2) is 7.04. The Morgan fingerprint density at radius 3 is 2.44 bits per heavy atom. The average molecular weight is 337 g/mol. The molecule has 3 amide bonds. The fourth-order valence-corrected chi connectivity index (χ4v) is 2.36. The summed E-state index contributed by atoms with van der Waals surface area (Å²) in [4.78, 5) is 24.0. The van der Waals surface area contributed by atoms with Crippen LogP contribution in [0.2, 0.25) is 0 Å². The summed E-state index contributed by atoms with van der Waals surface area (Å²) in [6.45, 7) is 3.77. The predicted octanol–water partition coefficient (Wildman–Crippen LogP) is 3.35. The number of nitrogens with one attached hydrogen (secondary N) is 4. The van der Waals surface area contributed by atoms with E-state index in [1.54, 1.807) is 30.5 Å². The van der Waals surface area contributed by atoms with Gasteiger partial charge in [0.2, 0.25) is 0 Å². The van der Waals surface area contributed by atoms with Gasteiger partial charge in [-0.15, -0.1) is 0 Å². The Labute approximate surface area is 144 Å². The zero-order valence-corrected chi connectivity index (χ0v) is 14.0. The van der Waals surface area contributed by atoms with Crippen molar-refractivity contribution in [3.8, 4) is 0 Å². The second-order valence-electron chi connectivity index (χ2n) is 5.96. The minimum atomic E-state index is -0.277. The van der Waals surface area contributed by atoms with Crippen molar-refractivity contribution in [3.05, 3.63) is 54.2 Å². The number of hydrogen-bond acceptors (Lipinski definition) is 3. The fourth-order valence-electron chi connectivity index (χ4n) is 2.36. The number of fused-ring (bicyclic) bond motifs is 1. The molecule has 1 aromatic heterocycles. The van der Waals surface area contributed by atoms with Crippen LogP contribution in [0.5, 0.6) is 0 Å². The number of hydrogen-bond donors (Lipinski definition) is 4. The third-order valence-electron chi connectivity index (χ3n) is 3.52. The van der Waals surface area contributed by atoms with Gasteiger partial charge in [0, 0.05) is 28.4 Å². The van der Waals surface area contributed by atoms with E-state index in [0.29, 0.717) is 16.9 Å². The molecule has 0 aliphatic carbocycles. The minimum Gasteiger partial charge on any atom is -0.336 e. The highest BCUT2D eigenvalue weighted by Gasteiger charge is 2.08. The summed E-state index contributed by atoms with van der Waals surface area (Å²) < 4.78 is 0. The molecule has 4 N–H and O–H groups in total. The van der Waals surface area contributed by atoms with Crippen molar-refractivity contribution < 1.29 is 9.59 Å². The molecule has 7 heteroatoms. The highest BCUT2D eigenvalue weighted by Crippen LogP contribution is 2.18. The summed E-state index contributed by atoms with van der Waals surface area (Å²) >= 11 is 0. The first-order valence-corrected chi connectivity index (χ1v) is 7.93. The molecule has 128 valence electrons. The zero-order chi connectivity index (χ0) is 17.8. The maximum atomic E-state index is 12.3. The molecule has 0 saturated carbocycles. The summed E-state index contributed by atoms with van der Waals surface area (Å²) in [5.74, 6) is -0.221. The van der Waals surface area contributed by atoms with Gasteiger partial charge in [-0.05, 0) is 56.3 Å². The molecule has 0 aliphatic rings. The van der Waals surface area contributed by atoms with Gasteiger partial charge < -0.3 is 16.0 Å². The van der Waals surface area contributed by atoms with E-state index in [-0.39, 0.29) is 18.0 Å². The van der Waals surface area contributed by atoms with Crippen molar-refractivity contribution in [2.75, 3.05) is 10.6 Å². The highest BCUT2D eigenvalue weighted by atomic mass is 16.2. The first-order chi connectivity index (χ1) is 12.0. The molecule has 0 spiro atoms. The van der Waals surface area contributed by atoms with Crippen LogP contribution in [0.25, 0.3) is 10.9 Å². The Kier molecular flexibility index (Phi) is 4.65. The van der Waals surface area contributed by atoms with Crippen molar-refractivity contribution in [2.45, 2.75) is 19.9 Å². The van der Waals surface area contributed by atoms with E-state index < -0.39 is 0 Å². The van der Waals surface area contributed by atoms with Crippen molar-refractivity contribution in [1.82, 2.24) is 15.5 Å². The minimum absolute atomic E-state index is 0.0533. The molecule has 0 fully saturated rings. The van der Waals surface area contributed by atoms with Gasteiger partial charge in [-0.1, -0.05) is 0 Å². The number of aromatic amines is 1.